The molecule has 0 spiro atoms. The Labute approximate surface area is 87.7 Å². The van der Waals surface area contributed by atoms with Crippen LogP contribution in [0.2, 0.25) is 0 Å². The monoisotopic (exact) mass is 216 g/mol. The molecule has 0 unspecified atom stereocenters. The molecule has 0 aliphatic rings. The summed E-state index contributed by atoms with van der Waals surface area (Å²) in [5, 5.41) is 0. The summed E-state index contributed by atoms with van der Waals surface area (Å²) in [6, 6.07) is 5.33. The van der Waals surface area contributed by atoms with Crippen LogP contribution in [0.4, 0.5) is 8.78 Å². The van der Waals surface area contributed by atoms with Crippen LogP contribution in [-0.2, 0) is 6.42 Å². The molecule has 0 aromatic heterocycles. The standard InChI is InChI=1S/C11H14F2S/c1-3-8-5-6-9(14-4-2)7-10(8)11(12)13/h5-7,11H,3-4H2,1-2H3. The lowest BCUT2D eigenvalue weighted by Crippen LogP contribution is -1.93. The highest BCUT2D eigenvalue weighted by molar-refractivity contribution is 7.99. The summed E-state index contributed by atoms with van der Waals surface area (Å²) in [4.78, 5) is 0.931. The quantitative estimate of drug-likeness (QED) is 0.676. The molecule has 0 fully saturated rings. The Kier molecular flexibility index (Phi) is 4.39. The fourth-order valence-electron chi connectivity index (χ4n) is 1.35. The summed E-state index contributed by atoms with van der Waals surface area (Å²) in [6.45, 7) is 3.91. The molecule has 3 heteroatoms. The molecule has 1 aromatic carbocycles. The predicted octanol–water partition coefficient (Wildman–Crippen LogP) is 4.30. The van der Waals surface area contributed by atoms with Crippen molar-refractivity contribution in [3.05, 3.63) is 29.3 Å². The van der Waals surface area contributed by atoms with E-state index in [-0.39, 0.29) is 5.56 Å². The predicted molar refractivity (Wildman–Crippen MR) is 57.2 cm³/mol. The Hall–Kier alpha value is -0.570. The van der Waals surface area contributed by atoms with E-state index in [9.17, 15) is 8.78 Å². The number of halogens is 2. The zero-order chi connectivity index (χ0) is 10.6. The van der Waals surface area contributed by atoms with Crippen molar-refractivity contribution in [3.63, 3.8) is 0 Å². The number of rotatable bonds is 4. The van der Waals surface area contributed by atoms with Crippen molar-refractivity contribution in [1.82, 2.24) is 0 Å². The molecule has 14 heavy (non-hydrogen) atoms. The van der Waals surface area contributed by atoms with Gasteiger partial charge in [0.25, 0.3) is 6.43 Å². The van der Waals surface area contributed by atoms with E-state index in [0.29, 0.717) is 6.42 Å². The number of thioether (sulfide) groups is 1. The third-order valence-electron chi connectivity index (χ3n) is 2.04. The minimum Gasteiger partial charge on any atom is -0.205 e. The summed E-state index contributed by atoms with van der Waals surface area (Å²) >= 11 is 1.59. The molecule has 0 saturated carbocycles. The van der Waals surface area contributed by atoms with Crippen LogP contribution in [-0.4, -0.2) is 5.75 Å². The Balaban J connectivity index is 3.01. The Morgan fingerprint density at radius 3 is 2.50 bits per heavy atom. The minimum absolute atomic E-state index is 0.186. The highest BCUT2D eigenvalue weighted by Gasteiger charge is 2.12. The largest absolute Gasteiger partial charge is 0.264 e. The maximum absolute atomic E-state index is 12.6. The van der Waals surface area contributed by atoms with E-state index in [2.05, 4.69) is 0 Å². The maximum atomic E-state index is 12.6. The first-order chi connectivity index (χ1) is 6.69. The van der Waals surface area contributed by atoms with Crippen LogP contribution < -0.4 is 0 Å². The molecule has 0 amide bonds. The van der Waals surface area contributed by atoms with E-state index < -0.39 is 6.43 Å². The average molecular weight is 216 g/mol. The lowest BCUT2D eigenvalue weighted by Gasteiger charge is -2.08. The van der Waals surface area contributed by atoms with Gasteiger partial charge in [-0.25, -0.2) is 8.78 Å². The number of alkyl halides is 2. The van der Waals surface area contributed by atoms with Crippen LogP contribution in [0.15, 0.2) is 23.1 Å². The van der Waals surface area contributed by atoms with Gasteiger partial charge in [-0.15, -0.1) is 11.8 Å². The molecular formula is C11H14F2S. The van der Waals surface area contributed by atoms with Crippen LogP contribution in [0.1, 0.15) is 31.4 Å². The molecule has 0 aliphatic heterocycles. The van der Waals surface area contributed by atoms with E-state index in [0.717, 1.165) is 16.2 Å². The van der Waals surface area contributed by atoms with Crippen LogP contribution in [0.25, 0.3) is 0 Å². The zero-order valence-corrected chi connectivity index (χ0v) is 9.20. The third-order valence-corrected chi connectivity index (χ3v) is 2.92. The van der Waals surface area contributed by atoms with Crippen molar-refractivity contribution in [2.75, 3.05) is 5.75 Å². The van der Waals surface area contributed by atoms with E-state index in [1.165, 1.54) is 0 Å². The first kappa shape index (κ1) is 11.5. The topological polar surface area (TPSA) is 0 Å². The molecule has 0 heterocycles. The van der Waals surface area contributed by atoms with E-state index in [4.69, 9.17) is 0 Å². The minimum atomic E-state index is -2.36. The first-order valence-corrected chi connectivity index (χ1v) is 5.71. The molecule has 78 valence electrons. The Morgan fingerprint density at radius 2 is 2.00 bits per heavy atom. The number of hydrogen-bond donors (Lipinski definition) is 0. The molecular weight excluding hydrogens is 202 g/mol. The van der Waals surface area contributed by atoms with Crippen LogP contribution in [0, 0.1) is 0 Å². The summed E-state index contributed by atoms with van der Waals surface area (Å²) in [7, 11) is 0. The van der Waals surface area contributed by atoms with Gasteiger partial charge in [0.1, 0.15) is 0 Å². The molecule has 0 saturated heterocycles. The second-order valence-corrected chi connectivity index (χ2v) is 4.29. The smallest absolute Gasteiger partial charge is 0.205 e. The van der Waals surface area contributed by atoms with Crippen LogP contribution >= 0.6 is 11.8 Å². The highest BCUT2D eigenvalue weighted by atomic mass is 32.2. The SMILES string of the molecule is CCSc1ccc(CC)c(C(F)F)c1. The van der Waals surface area contributed by atoms with Crippen molar-refractivity contribution >= 4 is 11.8 Å². The normalized spacial score (nSPS) is 10.9. The van der Waals surface area contributed by atoms with Gasteiger partial charge in [0.05, 0.1) is 0 Å². The summed E-state index contributed by atoms with van der Waals surface area (Å²) in [5.41, 5.74) is 0.936. The molecule has 0 atom stereocenters. The van der Waals surface area contributed by atoms with Gasteiger partial charge < -0.3 is 0 Å². The fourth-order valence-corrected chi connectivity index (χ4v) is 2.06. The zero-order valence-electron chi connectivity index (χ0n) is 8.39. The second kappa shape index (κ2) is 5.35. The van der Waals surface area contributed by atoms with Gasteiger partial charge in [0.15, 0.2) is 0 Å². The van der Waals surface area contributed by atoms with Crippen molar-refractivity contribution in [2.45, 2.75) is 31.6 Å². The molecule has 0 bridgehead atoms. The van der Waals surface area contributed by atoms with Crippen LogP contribution in [0.3, 0.4) is 0 Å². The summed E-state index contributed by atoms with van der Waals surface area (Å²) in [6.07, 6.45) is -1.70. The van der Waals surface area contributed by atoms with E-state index >= 15 is 0 Å². The number of benzene rings is 1. The van der Waals surface area contributed by atoms with Gasteiger partial charge in [0, 0.05) is 10.5 Å². The van der Waals surface area contributed by atoms with Gasteiger partial charge in [-0.1, -0.05) is 19.9 Å². The van der Waals surface area contributed by atoms with E-state index in [1.807, 2.05) is 19.9 Å². The molecule has 1 rings (SSSR count). The summed E-state index contributed by atoms with van der Waals surface area (Å²) in [5.74, 6) is 0.911. The lowest BCUT2D eigenvalue weighted by molar-refractivity contribution is 0.150. The van der Waals surface area contributed by atoms with E-state index in [1.54, 1.807) is 23.9 Å². The molecule has 1 aromatic rings. The average Bonchev–Trinajstić information content (AvgIpc) is 2.18. The highest BCUT2D eigenvalue weighted by Crippen LogP contribution is 2.28. The fraction of sp³-hybridized carbons (Fsp3) is 0.455. The first-order valence-electron chi connectivity index (χ1n) is 4.72. The number of aryl methyl sites for hydroxylation is 1. The van der Waals surface area contributed by atoms with Gasteiger partial charge in [-0.3, -0.25) is 0 Å². The van der Waals surface area contributed by atoms with Gasteiger partial charge in [0.2, 0.25) is 0 Å². The molecule has 0 nitrogen and oxygen atoms in total. The molecule has 0 radical (unpaired) electrons. The maximum Gasteiger partial charge on any atom is 0.264 e. The van der Waals surface area contributed by atoms with Gasteiger partial charge in [-0.2, -0.15) is 0 Å². The van der Waals surface area contributed by atoms with Crippen molar-refractivity contribution < 1.29 is 8.78 Å². The summed E-state index contributed by atoms with van der Waals surface area (Å²) < 4.78 is 25.3. The van der Waals surface area contributed by atoms with Crippen molar-refractivity contribution in [3.8, 4) is 0 Å². The van der Waals surface area contributed by atoms with Gasteiger partial charge >= 0.3 is 0 Å². The lowest BCUT2D eigenvalue weighted by atomic mass is 10.1. The molecule has 0 aliphatic carbocycles. The Morgan fingerprint density at radius 1 is 1.29 bits per heavy atom. The van der Waals surface area contributed by atoms with Crippen molar-refractivity contribution in [1.29, 1.82) is 0 Å². The third kappa shape index (κ3) is 2.71. The van der Waals surface area contributed by atoms with Crippen LogP contribution in [0.5, 0.6) is 0 Å². The van der Waals surface area contributed by atoms with Crippen molar-refractivity contribution in [2.24, 2.45) is 0 Å². The second-order valence-electron chi connectivity index (χ2n) is 2.95. The number of hydrogen-bond acceptors (Lipinski definition) is 1. The molecule has 0 N–H and O–H groups in total. The Bertz CT molecular complexity index is 297. The van der Waals surface area contributed by atoms with Gasteiger partial charge in [-0.05, 0) is 29.9 Å².